The van der Waals surface area contributed by atoms with Gasteiger partial charge in [-0.2, -0.15) is 0 Å². The molecule has 0 saturated carbocycles. The molecule has 6 heteroatoms. The highest BCUT2D eigenvalue weighted by Gasteiger charge is 2.37. The zero-order chi connectivity index (χ0) is 20.1. The van der Waals surface area contributed by atoms with E-state index in [0.717, 1.165) is 41.5 Å². The number of carbonyl (C=O) groups excluding carboxylic acids is 2. The second kappa shape index (κ2) is 6.87. The van der Waals surface area contributed by atoms with E-state index in [-0.39, 0.29) is 5.91 Å². The Bertz CT molecular complexity index is 1210. The standard InChI is InChI=1S/C23H20ClN3O2/c24-16-7-3-1-5-14(16)20-21(23(29)26-22(20)28)19-15-6-2-4-8-17(15)27-10-9-13(12-25)11-18(19)27/h1-8,13H,9-12,25H2,(H,26,28,29). The molecule has 0 fully saturated rings. The van der Waals surface area contributed by atoms with Crippen molar-refractivity contribution in [1.29, 1.82) is 0 Å². The fraction of sp³-hybridized carbons (Fsp3) is 0.217. The zero-order valence-corrected chi connectivity index (χ0v) is 16.5. The van der Waals surface area contributed by atoms with Crippen LogP contribution in [0.3, 0.4) is 0 Å². The van der Waals surface area contributed by atoms with Gasteiger partial charge in [0.05, 0.1) is 11.1 Å². The Hall–Kier alpha value is -2.89. The lowest BCUT2D eigenvalue weighted by Crippen LogP contribution is -2.26. The molecule has 0 saturated heterocycles. The molecule has 2 aromatic carbocycles. The first-order valence-electron chi connectivity index (χ1n) is 9.75. The Balaban J connectivity index is 1.86. The number of halogens is 1. The molecule has 2 amide bonds. The summed E-state index contributed by atoms with van der Waals surface area (Å²) in [6.45, 7) is 1.45. The zero-order valence-electron chi connectivity index (χ0n) is 15.7. The van der Waals surface area contributed by atoms with E-state index in [2.05, 4.69) is 16.0 Å². The number of nitrogens with one attached hydrogen (secondary N) is 1. The molecular weight excluding hydrogens is 386 g/mol. The number of nitrogens with zero attached hydrogens (tertiary/aromatic N) is 1. The molecule has 3 N–H and O–H groups in total. The molecule has 3 heterocycles. The number of fused-ring (bicyclic) bond motifs is 3. The molecular formula is C23H20ClN3O2. The molecule has 0 bridgehead atoms. The minimum absolute atomic E-state index is 0.342. The van der Waals surface area contributed by atoms with E-state index < -0.39 is 5.91 Å². The topological polar surface area (TPSA) is 77.1 Å². The second-order valence-electron chi connectivity index (χ2n) is 7.60. The first-order chi connectivity index (χ1) is 14.1. The molecule has 5 rings (SSSR count). The predicted octanol–water partition coefficient (Wildman–Crippen LogP) is 3.38. The van der Waals surface area contributed by atoms with Gasteiger partial charge in [-0.1, -0.05) is 48.0 Å². The number of para-hydroxylation sites is 1. The van der Waals surface area contributed by atoms with Crippen molar-refractivity contribution < 1.29 is 9.59 Å². The van der Waals surface area contributed by atoms with Gasteiger partial charge >= 0.3 is 0 Å². The van der Waals surface area contributed by atoms with Crippen molar-refractivity contribution >= 4 is 45.5 Å². The predicted molar refractivity (Wildman–Crippen MR) is 114 cm³/mol. The van der Waals surface area contributed by atoms with Crippen LogP contribution in [0.1, 0.15) is 23.2 Å². The molecule has 1 unspecified atom stereocenters. The molecule has 0 spiro atoms. The second-order valence-corrected chi connectivity index (χ2v) is 8.01. The molecule has 2 aliphatic rings. The Labute approximate surface area is 173 Å². The minimum atomic E-state index is -0.409. The Morgan fingerprint density at radius 1 is 1.03 bits per heavy atom. The summed E-state index contributed by atoms with van der Waals surface area (Å²) >= 11 is 6.40. The van der Waals surface area contributed by atoms with Crippen LogP contribution < -0.4 is 11.1 Å². The molecule has 0 radical (unpaired) electrons. The van der Waals surface area contributed by atoms with Gasteiger partial charge in [0.25, 0.3) is 11.8 Å². The summed E-state index contributed by atoms with van der Waals surface area (Å²) < 4.78 is 2.27. The molecule has 146 valence electrons. The first-order valence-corrected chi connectivity index (χ1v) is 10.1. The van der Waals surface area contributed by atoms with Crippen LogP contribution in [0, 0.1) is 5.92 Å². The van der Waals surface area contributed by atoms with Crippen LogP contribution in [0.5, 0.6) is 0 Å². The molecule has 3 aromatic rings. The van der Waals surface area contributed by atoms with Crippen molar-refractivity contribution in [3.63, 3.8) is 0 Å². The fourth-order valence-electron chi connectivity index (χ4n) is 4.61. The van der Waals surface area contributed by atoms with Crippen molar-refractivity contribution in [2.24, 2.45) is 11.7 Å². The molecule has 29 heavy (non-hydrogen) atoms. The van der Waals surface area contributed by atoms with Gasteiger partial charge in [-0.3, -0.25) is 14.9 Å². The Morgan fingerprint density at radius 2 is 1.76 bits per heavy atom. The maximum absolute atomic E-state index is 13.0. The number of amides is 2. The van der Waals surface area contributed by atoms with Crippen LogP contribution in [0.25, 0.3) is 22.0 Å². The number of carbonyl (C=O) groups is 2. The van der Waals surface area contributed by atoms with Crippen LogP contribution in [0.4, 0.5) is 0 Å². The van der Waals surface area contributed by atoms with Crippen molar-refractivity contribution in [3.05, 3.63) is 70.4 Å². The third kappa shape index (κ3) is 2.73. The number of hydrogen-bond acceptors (Lipinski definition) is 3. The number of aromatic nitrogens is 1. The van der Waals surface area contributed by atoms with Gasteiger partial charge in [0, 0.05) is 39.3 Å². The highest BCUT2D eigenvalue weighted by Crippen LogP contribution is 2.42. The summed E-state index contributed by atoms with van der Waals surface area (Å²) in [5.41, 5.74) is 10.3. The van der Waals surface area contributed by atoms with E-state index in [4.69, 9.17) is 17.3 Å². The van der Waals surface area contributed by atoms with Gasteiger partial charge in [-0.25, -0.2) is 0 Å². The van der Waals surface area contributed by atoms with Crippen LogP contribution in [-0.4, -0.2) is 22.9 Å². The van der Waals surface area contributed by atoms with Crippen LogP contribution >= 0.6 is 11.6 Å². The van der Waals surface area contributed by atoms with Crippen LogP contribution in [0.2, 0.25) is 5.02 Å². The van der Waals surface area contributed by atoms with E-state index in [1.165, 1.54) is 0 Å². The van der Waals surface area contributed by atoms with E-state index in [9.17, 15) is 9.59 Å². The smallest absolute Gasteiger partial charge is 0.259 e. The number of imide groups is 1. The summed E-state index contributed by atoms with van der Waals surface area (Å²) in [6, 6.07) is 15.2. The monoisotopic (exact) mass is 405 g/mol. The summed E-state index contributed by atoms with van der Waals surface area (Å²) in [4.78, 5) is 25.8. The number of rotatable bonds is 3. The van der Waals surface area contributed by atoms with E-state index in [1.807, 2.05) is 30.3 Å². The first kappa shape index (κ1) is 18.2. The van der Waals surface area contributed by atoms with Crippen LogP contribution in [0.15, 0.2) is 48.5 Å². The molecule has 5 nitrogen and oxygen atoms in total. The quantitative estimate of drug-likeness (QED) is 0.656. The number of nitrogens with two attached hydrogens (primary N) is 1. The van der Waals surface area contributed by atoms with Gasteiger partial charge in [-0.05, 0) is 37.4 Å². The SMILES string of the molecule is NCC1CCn2c(c(C3=C(c4ccccc4Cl)C(=O)NC3=O)c3ccccc32)C1. The highest BCUT2D eigenvalue weighted by atomic mass is 35.5. The molecule has 0 aliphatic carbocycles. The summed E-state index contributed by atoms with van der Waals surface area (Å²) in [5.74, 6) is -0.428. The normalized spacial score (nSPS) is 19.0. The van der Waals surface area contributed by atoms with Gasteiger partial charge < -0.3 is 10.3 Å². The van der Waals surface area contributed by atoms with E-state index in [0.29, 0.717) is 34.2 Å². The van der Waals surface area contributed by atoms with Gasteiger partial charge in [0.1, 0.15) is 0 Å². The van der Waals surface area contributed by atoms with Crippen molar-refractivity contribution in [1.82, 2.24) is 9.88 Å². The van der Waals surface area contributed by atoms with Crippen LogP contribution in [-0.2, 0) is 22.6 Å². The highest BCUT2D eigenvalue weighted by molar-refractivity contribution is 6.51. The summed E-state index contributed by atoms with van der Waals surface area (Å²) in [7, 11) is 0. The molecule has 1 atom stereocenters. The number of aryl methyl sites for hydroxylation is 1. The third-order valence-corrected chi connectivity index (χ3v) is 6.31. The lowest BCUT2D eigenvalue weighted by atomic mass is 9.89. The molecule has 2 aliphatic heterocycles. The summed E-state index contributed by atoms with van der Waals surface area (Å²) in [6.07, 6.45) is 1.78. The van der Waals surface area contributed by atoms with Gasteiger partial charge in [0.2, 0.25) is 0 Å². The van der Waals surface area contributed by atoms with E-state index >= 15 is 0 Å². The van der Waals surface area contributed by atoms with Crippen molar-refractivity contribution in [3.8, 4) is 0 Å². The number of benzene rings is 2. The minimum Gasteiger partial charge on any atom is -0.344 e. The van der Waals surface area contributed by atoms with Crippen molar-refractivity contribution in [2.45, 2.75) is 19.4 Å². The third-order valence-electron chi connectivity index (χ3n) is 5.98. The lowest BCUT2D eigenvalue weighted by Gasteiger charge is -2.25. The maximum atomic E-state index is 13.0. The maximum Gasteiger partial charge on any atom is 0.259 e. The van der Waals surface area contributed by atoms with Gasteiger partial charge in [0.15, 0.2) is 0 Å². The summed E-state index contributed by atoms with van der Waals surface area (Å²) in [5, 5.41) is 3.91. The Morgan fingerprint density at radius 3 is 2.55 bits per heavy atom. The number of hydrogen-bond donors (Lipinski definition) is 2. The molecule has 1 aromatic heterocycles. The average Bonchev–Trinajstić information content (AvgIpc) is 3.20. The average molecular weight is 406 g/mol. The van der Waals surface area contributed by atoms with Gasteiger partial charge in [-0.15, -0.1) is 0 Å². The fourth-order valence-corrected chi connectivity index (χ4v) is 4.84. The lowest BCUT2D eigenvalue weighted by molar-refractivity contribution is -0.122. The van der Waals surface area contributed by atoms with E-state index in [1.54, 1.807) is 12.1 Å². The van der Waals surface area contributed by atoms with Crippen molar-refractivity contribution in [2.75, 3.05) is 6.54 Å². The largest absolute Gasteiger partial charge is 0.344 e. The Kier molecular flexibility index (Phi) is 4.30.